The third kappa shape index (κ3) is 5.48. The highest BCUT2D eigenvalue weighted by Crippen LogP contribution is 1.86. The first-order chi connectivity index (χ1) is 3.27. The summed E-state index contributed by atoms with van der Waals surface area (Å²) >= 11 is 0. The predicted octanol–water partition coefficient (Wildman–Crippen LogP) is 2.33. The normalized spacial score (nSPS) is 9.57. The van der Waals surface area contributed by atoms with E-state index >= 15 is 0 Å². The van der Waals surface area contributed by atoms with Crippen molar-refractivity contribution in [3.63, 3.8) is 0 Å². The summed E-state index contributed by atoms with van der Waals surface area (Å²) in [7, 11) is 0. The average molecular weight is 95.2 g/mol. The molecule has 39 valence electrons. The Kier molecular flexibility index (Phi) is 3.39. The zero-order valence-electron chi connectivity index (χ0n) is 5.15. The van der Waals surface area contributed by atoms with Crippen molar-refractivity contribution < 1.29 is 0 Å². The highest BCUT2D eigenvalue weighted by molar-refractivity contribution is 5.01. The summed E-state index contributed by atoms with van der Waals surface area (Å²) in [5.41, 5.74) is 1.29. The fraction of sp³-hybridized carbons (Fsp3) is 0.429. The topological polar surface area (TPSA) is 0 Å². The molecule has 0 nitrogen and oxygen atoms in total. The third-order valence-corrected chi connectivity index (χ3v) is 0.539. The molecule has 7 heavy (non-hydrogen) atoms. The van der Waals surface area contributed by atoms with Gasteiger partial charge < -0.3 is 0 Å². The zero-order chi connectivity index (χ0) is 5.70. The first-order valence-electron chi connectivity index (χ1n) is 2.44. The van der Waals surface area contributed by atoms with Gasteiger partial charge in [-0.1, -0.05) is 17.7 Å². The van der Waals surface area contributed by atoms with Gasteiger partial charge in [-0.2, -0.15) is 0 Å². The lowest BCUT2D eigenvalue weighted by molar-refractivity contribution is 1.38. The fourth-order valence-corrected chi connectivity index (χ4v) is 0.250. The van der Waals surface area contributed by atoms with E-state index in [1.165, 1.54) is 5.57 Å². The molecule has 0 spiro atoms. The van der Waals surface area contributed by atoms with Gasteiger partial charge in [0.2, 0.25) is 0 Å². The molecular formula is C7H11. The van der Waals surface area contributed by atoms with Crippen LogP contribution >= 0.6 is 0 Å². The van der Waals surface area contributed by atoms with Crippen LogP contribution in [0.3, 0.4) is 0 Å². The van der Waals surface area contributed by atoms with Crippen molar-refractivity contribution in [1.82, 2.24) is 0 Å². The molecule has 0 aromatic heterocycles. The van der Waals surface area contributed by atoms with Crippen molar-refractivity contribution in [1.29, 1.82) is 0 Å². The van der Waals surface area contributed by atoms with E-state index in [0.717, 1.165) is 0 Å². The number of hydrogen-bond acceptors (Lipinski definition) is 0. The van der Waals surface area contributed by atoms with Crippen LogP contribution in [-0.4, -0.2) is 0 Å². The van der Waals surface area contributed by atoms with E-state index in [4.69, 9.17) is 0 Å². The van der Waals surface area contributed by atoms with Gasteiger partial charge in [0, 0.05) is 0 Å². The maximum atomic E-state index is 2.96. The summed E-state index contributed by atoms with van der Waals surface area (Å²) in [5, 5.41) is 0. The van der Waals surface area contributed by atoms with Crippen molar-refractivity contribution in [3.05, 3.63) is 23.8 Å². The van der Waals surface area contributed by atoms with Gasteiger partial charge in [0.25, 0.3) is 0 Å². The number of hydrogen-bond donors (Lipinski definition) is 0. The second-order valence-electron chi connectivity index (χ2n) is 1.68. The second-order valence-corrected chi connectivity index (χ2v) is 1.68. The molecule has 0 heteroatoms. The van der Waals surface area contributed by atoms with Crippen LogP contribution in [0.25, 0.3) is 0 Å². The van der Waals surface area contributed by atoms with Gasteiger partial charge in [0.05, 0.1) is 0 Å². The lowest BCUT2D eigenvalue weighted by atomic mass is 10.3. The molecule has 0 heterocycles. The highest BCUT2D eigenvalue weighted by Gasteiger charge is 1.66. The minimum atomic E-state index is 1.29. The summed E-state index contributed by atoms with van der Waals surface area (Å²) < 4.78 is 0. The smallest absolute Gasteiger partial charge is 0.0231 e. The van der Waals surface area contributed by atoms with Crippen LogP contribution in [0.15, 0.2) is 17.7 Å². The molecule has 0 saturated carbocycles. The van der Waals surface area contributed by atoms with Gasteiger partial charge in [-0.15, -0.1) is 0 Å². The molecule has 0 rings (SSSR count). The molecule has 0 fully saturated rings. The number of allylic oxidation sites excluding steroid dienone is 4. The SMILES string of the molecule is C/C=[C]/C=C(C)C. The van der Waals surface area contributed by atoms with E-state index in [2.05, 4.69) is 19.9 Å². The van der Waals surface area contributed by atoms with Gasteiger partial charge >= 0.3 is 0 Å². The van der Waals surface area contributed by atoms with Crippen LogP contribution in [0.4, 0.5) is 0 Å². The van der Waals surface area contributed by atoms with Crippen LogP contribution < -0.4 is 0 Å². The summed E-state index contributed by atoms with van der Waals surface area (Å²) in [6.45, 7) is 6.06. The van der Waals surface area contributed by atoms with Crippen molar-refractivity contribution in [3.8, 4) is 0 Å². The molecule has 0 bridgehead atoms. The molecule has 0 unspecified atom stereocenters. The first-order valence-corrected chi connectivity index (χ1v) is 2.44. The van der Waals surface area contributed by atoms with Crippen LogP contribution in [0.1, 0.15) is 20.8 Å². The minimum Gasteiger partial charge on any atom is -0.0798 e. The summed E-state index contributed by atoms with van der Waals surface area (Å²) in [6.07, 6.45) is 6.81. The molecule has 0 amide bonds. The lowest BCUT2D eigenvalue weighted by Crippen LogP contribution is -1.57. The second kappa shape index (κ2) is 3.66. The largest absolute Gasteiger partial charge is 0.0798 e. The van der Waals surface area contributed by atoms with Crippen LogP contribution in [-0.2, 0) is 0 Å². The fourth-order valence-electron chi connectivity index (χ4n) is 0.250. The molecule has 0 saturated heterocycles. The molecule has 0 N–H and O–H groups in total. The Balaban J connectivity index is 3.46. The van der Waals surface area contributed by atoms with Gasteiger partial charge in [-0.3, -0.25) is 0 Å². The van der Waals surface area contributed by atoms with E-state index in [0.29, 0.717) is 0 Å². The lowest BCUT2D eigenvalue weighted by Gasteiger charge is -1.77. The summed E-state index contributed by atoms with van der Waals surface area (Å²) in [6, 6.07) is 0. The predicted molar refractivity (Wildman–Crippen MR) is 32.9 cm³/mol. The third-order valence-electron chi connectivity index (χ3n) is 0.539. The van der Waals surface area contributed by atoms with Crippen molar-refractivity contribution in [2.24, 2.45) is 0 Å². The van der Waals surface area contributed by atoms with Gasteiger partial charge in [-0.05, 0) is 26.8 Å². The van der Waals surface area contributed by atoms with Gasteiger partial charge in [-0.25, -0.2) is 0 Å². The standard InChI is InChI=1S/C7H11/c1-4-5-6-7(2)3/h4,6H,1-3H3. The number of rotatable bonds is 1. The molecular weight excluding hydrogens is 84.1 g/mol. The van der Waals surface area contributed by atoms with Crippen molar-refractivity contribution in [2.75, 3.05) is 0 Å². The molecule has 0 atom stereocenters. The van der Waals surface area contributed by atoms with Crippen molar-refractivity contribution >= 4 is 0 Å². The molecule has 0 aliphatic carbocycles. The van der Waals surface area contributed by atoms with Crippen LogP contribution in [0, 0.1) is 6.08 Å². The zero-order valence-corrected chi connectivity index (χ0v) is 5.15. The molecule has 0 aliphatic rings. The average Bonchev–Trinajstić information content (AvgIpc) is 1.61. The molecule has 0 aromatic carbocycles. The van der Waals surface area contributed by atoms with E-state index in [9.17, 15) is 0 Å². The van der Waals surface area contributed by atoms with Crippen LogP contribution in [0.5, 0.6) is 0 Å². The molecule has 0 aromatic rings. The Bertz CT molecular complexity index is 82.2. The maximum Gasteiger partial charge on any atom is -0.0231 e. The van der Waals surface area contributed by atoms with E-state index in [1.807, 2.05) is 19.1 Å². The molecule has 0 aliphatic heterocycles. The minimum absolute atomic E-state index is 1.29. The van der Waals surface area contributed by atoms with Crippen LogP contribution in [0.2, 0.25) is 0 Å². The summed E-state index contributed by atoms with van der Waals surface area (Å²) in [5.74, 6) is 0. The monoisotopic (exact) mass is 95.1 g/mol. The van der Waals surface area contributed by atoms with Gasteiger partial charge in [0.1, 0.15) is 0 Å². The quantitative estimate of drug-likeness (QED) is 0.438. The van der Waals surface area contributed by atoms with Gasteiger partial charge in [0.15, 0.2) is 0 Å². The Morgan fingerprint density at radius 2 is 2.00 bits per heavy atom. The highest BCUT2D eigenvalue weighted by atomic mass is 13.7. The van der Waals surface area contributed by atoms with Crippen molar-refractivity contribution in [2.45, 2.75) is 20.8 Å². The molecule has 1 radical (unpaired) electrons. The summed E-state index contributed by atoms with van der Waals surface area (Å²) in [4.78, 5) is 0. The van der Waals surface area contributed by atoms with E-state index < -0.39 is 0 Å². The van der Waals surface area contributed by atoms with E-state index in [1.54, 1.807) is 0 Å². The Morgan fingerprint density at radius 1 is 1.43 bits per heavy atom. The Morgan fingerprint density at radius 3 is 2.14 bits per heavy atom. The maximum absolute atomic E-state index is 2.96. The Hall–Kier alpha value is -0.520. The first kappa shape index (κ1) is 6.48. The van der Waals surface area contributed by atoms with E-state index in [-0.39, 0.29) is 0 Å². The Labute approximate surface area is 45.5 Å².